The molecule has 0 aliphatic carbocycles. The number of ether oxygens (including phenoxy) is 1. The van der Waals surface area contributed by atoms with Crippen molar-refractivity contribution in [3.8, 4) is 0 Å². The van der Waals surface area contributed by atoms with Crippen LogP contribution in [-0.2, 0) is 20.8 Å². The average Bonchev–Trinajstić information content (AvgIpc) is 3.23. The number of amides is 1. The maximum Gasteiger partial charge on any atom is 0.246 e. The van der Waals surface area contributed by atoms with Crippen molar-refractivity contribution in [3.05, 3.63) is 35.9 Å². The number of carbonyl (C=O) groups excluding carboxylic acids is 1. The Morgan fingerprint density at radius 3 is 2.84 bits per heavy atom. The third kappa shape index (κ3) is 4.05. The number of likely N-dealkylation sites (tertiary alicyclic amines) is 1. The standard InChI is InChI=1S/C20H28N2O3/c23-20(22-9-4-5-11-25-22)12-17-15-24-19-14-21(13-18(17)19)10-8-16-6-2-1-3-7-16/h1-3,6-7,17-19H,4-5,8-15H2/t17-,18+,19+/m1/s1. The molecule has 136 valence electrons. The van der Waals surface area contributed by atoms with Gasteiger partial charge in [-0.3, -0.25) is 9.63 Å². The minimum atomic E-state index is 0.136. The molecular weight excluding hydrogens is 316 g/mol. The van der Waals surface area contributed by atoms with E-state index in [1.165, 1.54) is 5.56 Å². The Balaban J connectivity index is 1.27. The zero-order valence-electron chi connectivity index (χ0n) is 14.8. The molecule has 5 nitrogen and oxygen atoms in total. The topological polar surface area (TPSA) is 42.0 Å². The van der Waals surface area contributed by atoms with E-state index in [0.717, 1.165) is 52.0 Å². The summed E-state index contributed by atoms with van der Waals surface area (Å²) in [5.74, 6) is 0.964. The van der Waals surface area contributed by atoms with Crippen LogP contribution in [-0.4, -0.2) is 61.4 Å². The number of hydroxylamine groups is 2. The fraction of sp³-hybridized carbons (Fsp3) is 0.650. The molecule has 0 radical (unpaired) electrons. The lowest BCUT2D eigenvalue weighted by Gasteiger charge is -2.27. The van der Waals surface area contributed by atoms with E-state index in [1.807, 2.05) is 0 Å². The fourth-order valence-corrected chi connectivity index (χ4v) is 4.32. The van der Waals surface area contributed by atoms with Crippen LogP contribution in [0.5, 0.6) is 0 Å². The van der Waals surface area contributed by atoms with Gasteiger partial charge in [-0.15, -0.1) is 0 Å². The quantitative estimate of drug-likeness (QED) is 0.821. The zero-order chi connectivity index (χ0) is 17.1. The van der Waals surface area contributed by atoms with Gasteiger partial charge in [0.2, 0.25) is 5.91 Å². The van der Waals surface area contributed by atoms with Crippen molar-refractivity contribution in [1.82, 2.24) is 9.96 Å². The van der Waals surface area contributed by atoms with Crippen molar-refractivity contribution in [2.24, 2.45) is 11.8 Å². The largest absolute Gasteiger partial charge is 0.376 e. The van der Waals surface area contributed by atoms with Gasteiger partial charge in [0, 0.05) is 38.5 Å². The molecule has 5 heteroatoms. The van der Waals surface area contributed by atoms with E-state index in [1.54, 1.807) is 5.06 Å². The average molecular weight is 344 g/mol. The van der Waals surface area contributed by atoms with Crippen molar-refractivity contribution in [2.45, 2.75) is 31.8 Å². The summed E-state index contributed by atoms with van der Waals surface area (Å²) in [5.41, 5.74) is 1.38. The van der Waals surface area contributed by atoms with E-state index in [-0.39, 0.29) is 5.91 Å². The van der Waals surface area contributed by atoms with Crippen LogP contribution in [0.4, 0.5) is 0 Å². The molecule has 3 atom stereocenters. The summed E-state index contributed by atoms with van der Waals surface area (Å²) in [7, 11) is 0. The highest BCUT2D eigenvalue weighted by molar-refractivity contribution is 5.75. The van der Waals surface area contributed by atoms with Crippen LogP contribution in [0.15, 0.2) is 30.3 Å². The first-order valence-corrected chi connectivity index (χ1v) is 9.61. The lowest BCUT2D eigenvalue weighted by Crippen LogP contribution is -2.37. The van der Waals surface area contributed by atoms with E-state index in [4.69, 9.17) is 9.57 Å². The maximum atomic E-state index is 12.5. The van der Waals surface area contributed by atoms with Crippen LogP contribution >= 0.6 is 0 Å². The van der Waals surface area contributed by atoms with E-state index >= 15 is 0 Å². The minimum absolute atomic E-state index is 0.136. The van der Waals surface area contributed by atoms with E-state index in [9.17, 15) is 4.79 Å². The van der Waals surface area contributed by atoms with Gasteiger partial charge in [-0.25, -0.2) is 5.06 Å². The highest BCUT2D eigenvalue weighted by atomic mass is 16.7. The Morgan fingerprint density at radius 1 is 1.16 bits per heavy atom. The first-order chi connectivity index (χ1) is 12.3. The predicted octanol–water partition coefficient (Wildman–Crippen LogP) is 2.12. The van der Waals surface area contributed by atoms with Gasteiger partial charge in [-0.2, -0.15) is 0 Å². The molecule has 1 aromatic rings. The van der Waals surface area contributed by atoms with E-state index < -0.39 is 0 Å². The molecule has 0 bridgehead atoms. The van der Waals surface area contributed by atoms with Gasteiger partial charge in [0.15, 0.2) is 0 Å². The van der Waals surface area contributed by atoms with Crippen LogP contribution < -0.4 is 0 Å². The molecule has 25 heavy (non-hydrogen) atoms. The second-order valence-electron chi connectivity index (χ2n) is 7.53. The highest BCUT2D eigenvalue weighted by Crippen LogP contribution is 2.36. The van der Waals surface area contributed by atoms with Crippen molar-refractivity contribution in [2.75, 3.05) is 39.4 Å². The number of rotatable bonds is 5. The third-order valence-corrected chi connectivity index (χ3v) is 5.79. The molecule has 1 amide bonds. The first kappa shape index (κ1) is 17.0. The molecule has 3 saturated heterocycles. The van der Waals surface area contributed by atoms with E-state index in [2.05, 4.69) is 35.2 Å². The Kier molecular flexibility index (Phi) is 5.34. The molecule has 3 aliphatic heterocycles. The number of hydrogen-bond acceptors (Lipinski definition) is 4. The SMILES string of the molecule is O=C(C[C@@H]1CO[C@H]2CN(CCc3ccccc3)C[C@@H]12)N1CCCCO1. The van der Waals surface area contributed by atoms with Gasteiger partial charge in [0.05, 0.1) is 19.3 Å². The van der Waals surface area contributed by atoms with Gasteiger partial charge in [0.1, 0.15) is 0 Å². The van der Waals surface area contributed by atoms with Gasteiger partial charge in [-0.05, 0) is 30.7 Å². The molecule has 0 spiro atoms. The van der Waals surface area contributed by atoms with Crippen LogP contribution in [0.3, 0.4) is 0 Å². The van der Waals surface area contributed by atoms with Crippen LogP contribution in [0.25, 0.3) is 0 Å². The second kappa shape index (κ2) is 7.85. The molecule has 0 saturated carbocycles. The monoisotopic (exact) mass is 344 g/mol. The van der Waals surface area contributed by atoms with Crippen molar-refractivity contribution >= 4 is 5.91 Å². The molecule has 0 N–H and O–H groups in total. The van der Waals surface area contributed by atoms with Crippen molar-refractivity contribution in [1.29, 1.82) is 0 Å². The molecule has 0 aromatic heterocycles. The van der Waals surface area contributed by atoms with Gasteiger partial charge < -0.3 is 9.64 Å². The number of hydrogen-bond donors (Lipinski definition) is 0. The van der Waals surface area contributed by atoms with Crippen LogP contribution in [0, 0.1) is 11.8 Å². The predicted molar refractivity (Wildman–Crippen MR) is 94.8 cm³/mol. The lowest BCUT2D eigenvalue weighted by atomic mass is 9.90. The normalized spacial score (nSPS) is 29.8. The molecule has 3 aliphatic rings. The Labute approximate surface area is 149 Å². The highest BCUT2D eigenvalue weighted by Gasteiger charge is 2.44. The fourth-order valence-electron chi connectivity index (χ4n) is 4.32. The smallest absolute Gasteiger partial charge is 0.246 e. The maximum absolute atomic E-state index is 12.5. The summed E-state index contributed by atoms with van der Waals surface area (Å²) in [6.45, 7) is 5.26. The van der Waals surface area contributed by atoms with Gasteiger partial charge in [-0.1, -0.05) is 30.3 Å². The first-order valence-electron chi connectivity index (χ1n) is 9.61. The number of fused-ring (bicyclic) bond motifs is 1. The Morgan fingerprint density at radius 2 is 2.04 bits per heavy atom. The number of nitrogens with zero attached hydrogens (tertiary/aromatic N) is 2. The summed E-state index contributed by atoms with van der Waals surface area (Å²) in [6, 6.07) is 10.6. The zero-order valence-corrected chi connectivity index (χ0v) is 14.8. The molecule has 3 heterocycles. The molecule has 3 fully saturated rings. The molecular formula is C20H28N2O3. The van der Waals surface area contributed by atoms with Crippen LogP contribution in [0.1, 0.15) is 24.8 Å². The minimum Gasteiger partial charge on any atom is -0.376 e. The molecule has 0 unspecified atom stereocenters. The van der Waals surface area contributed by atoms with Crippen molar-refractivity contribution in [3.63, 3.8) is 0 Å². The number of benzene rings is 1. The summed E-state index contributed by atoms with van der Waals surface area (Å²) in [4.78, 5) is 20.5. The summed E-state index contributed by atoms with van der Waals surface area (Å²) in [5, 5.41) is 1.58. The van der Waals surface area contributed by atoms with Crippen LogP contribution in [0.2, 0.25) is 0 Å². The number of carbonyl (C=O) groups is 1. The van der Waals surface area contributed by atoms with Crippen molar-refractivity contribution < 1.29 is 14.4 Å². The molecule has 4 rings (SSSR count). The summed E-state index contributed by atoms with van der Waals surface area (Å²) < 4.78 is 6.01. The second-order valence-corrected chi connectivity index (χ2v) is 7.53. The summed E-state index contributed by atoms with van der Waals surface area (Å²) in [6.07, 6.45) is 4.04. The Hall–Kier alpha value is -1.43. The Bertz CT molecular complexity index is 574. The van der Waals surface area contributed by atoms with Gasteiger partial charge >= 0.3 is 0 Å². The third-order valence-electron chi connectivity index (χ3n) is 5.79. The summed E-state index contributed by atoms with van der Waals surface area (Å²) >= 11 is 0. The lowest BCUT2D eigenvalue weighted by molar-refractivity contribution is -0.198. The molecule has 1 aromatic carbocycles. The van der Waals surface area contributed by atoms with Gasteiger partial charge in [0.25, 0.3) is 0 Å². The van der Waals surface area contributed by atoms with E-state index in [0.29, 0.717) is 31.0 Å².